The van der Waals surface area contributed by atoms with Crippen LogP contribution in [0.2, 0.25) is 0 Å². The second-order valence-electron chi connectivity index (χ2n) is 5.58. The molecule has 2 fully saturated rings. The van der Waals surface area contributed by atoms with Crippen molar-refractivity contribution in [1.29, 1.82) is 0 Å². The summed E-state index contributed by atoms with van der Waals surface area (Å²) in [5.74, 6) is 3.05. The predicted molar refractivity (Wildman–Crippen MR) is 76.1 cm³/mol. The number of piperidine rings is 1. The summed E-state index contributed by atoms with van der Waals surface area (Å²) in [5, 5.41) is 3.14. The summed E-state index contributed by atoms with van der Waals surface area (Å²) in [5.41, 5.74) is 0. The molecule has 98 valence electrons. The molecular formula is C15H23N3. The zero-order valence-electron chi connectivity index (χ0n) is 11.2. The third kappa shape index (κ3) is 2.18. The molecule has 1 aliphatic heterocycles. The Morgan fingerprint density at radius 1 is 1.17 bits per heavy atom. The normalized spacial score (nSPS) is 27.7. The molecule has 1 N–H and O–H groups in total. The molecule has 0 spiro atoms. The Labute approximate surface area is 110 Å². The number of rotatable bonds is 2. The second kappa shape index (κ2) is 5.17. The van der Waals surface area contributed by atoms with Gasteiger partial charge in [0.1, 0.15) is 11.6 Å². The van der Waals surface area contributed by atoms with Crippen molar-refractivity contribution in [2.75, 3.05) is 23.8 Å². The van der Waals surface area contributed by atoms with Gasteiger partial charge in [-0.2, -0.15) is 0 Å². The minimum atomic E-state index is 0.743. The second-order valence-corrected chi connectivity index (χ2v) is 5.58. The molecule has 2 heterocycles. The molecule has 2 atom stereocenters. The lowest BCUT2D eigenvalue weighted by molar-refractivity contribution is 0.243. The number of nitrogens with one attached hydrogen (secondary N) is 1. The van der Waals surface area contributed by atoms with E-state index >= 15 is 0 Å². The maximum absolute atomic E-state index is 4.72. The van der Waals surface area contributed by atoms with Crippen LogP contribution in [0, 0.1) is 5.92 Å². The van der Waals surface area contributed by atoms with E-state index in [1.165, 1.54) is 50.9 Å². The first kappa shape index (κ1) is 11.8. The van der Waals surface area contributed by atoms with Crippen LogP contribution in [0.5, 0.6) is 0 Å². The van der Waals surface area contributed by atoms with E-state index in [0.717, 1.165) is 17.8 Å². The maximum Gasteiger partial charge on any atom is 0.131 e. The molecule has 0 radical (unpaired) electrons. The van der Waals surface area contributed by atoms with Gasteiger partial charge in [-0.25, -0.2) is 4.98 Å². The number of anilines is 2. The van der Waals surface area contributed by atoms with Crippen molar-refractivity contribution in [2.45, 2.75) is 44.6 Å². The molecule has 0 unspecified atom stereocenters. The molecular weight excluding hydrogens is 222 g/mol. The lowest BCUT2D eigenvalue weighted by atomic mass is 9.78. The molecule has 1 aromatic rings. The molecule has 0 aromatic carbocycles. The summed E-state index contributed by atoms with van der Waals surface area (Å²) >= 11 is 0. The standard InChI is InChI=1S/C15H23N3/c1-16-14-9-4-10-15(17-14)18-11-5-7-12-6-2-3-8-13(12)18/h4,9-10,12-13H,2-3,5-8,11H2,1H3,(H,16,17)/t12-,13-/m1/s1. The SMILES string of the molecule is CNc1cccc(N2CCC[C@H]3CCCC[C@H]32)n1. The van der Waals surface area contributed by atoms with E-state index in [-0.39, 0.29) is 0 Å². The predicted octanol–water partition coefficient (Wildman–Crippen LogP) is 3.28. The summed E-state index contributed by atoms with van der Waals surface area (Å²) in [6.45, 7) is 1.18. The van der Waals surface area contributed by atoms with Crippen molar-refractivity contribution in [3.05, 3.63) is 18.2 Å². The molecule has 1 saturated carbocycles. The van der Waals surface area contributed by atoms with E-state index in [9.17, 15) is 0 Å². The number of fused-ring (bicyclic) bond motifs is 1. The van der Waals surface area contributed by atoms with E-state index in [1.807, 2.05) is 13.1 Å². The highest BCUT2D eigenvalue weighted by atomic mass is 15.2. The van der Waals surface area contributed by atoms with E-state index in [1.54, 1.807) is 0 Å². The molecule has 1 aliphatic carbocycles. The third-order valence-corrected chi connectivity index (χ3v) is 4.53. The van der Waals surface area contributed by atoms with Crippen molar-refractivity contribution >= 4 is 11.6 Å². The van der Waals surface area contributed by atoms with Crippen LogP contribution in [-0.4, -0.2) is 24.6 Å². The van der Waals surface area contributed by atoms with Crippen LogP contribution in [0.15, 0.2) is 18.2 Å². The Hall–Kier alpha value is -1.25. The highest BCUT2D eigenvalue weighted by Crippen LogP contribution is 2.37. The van der Waals surface area contributed by atoms with Crippen LogP contribution >= 0.6 is 0 Å². The molecule has 3 rings (SSSR count). The lowest BCUT2D eigenvalue weighted by Gasteiger charge is -2.44. The minimum Gasteiger partial charge on any atom is -0.373 e. The number of hydrogen-bond donors (Lipinski definition) is 1. The Morgan fingerprint density at radius 2 is 2.00 bits per heavy atom. The third-order valence-electron chi connectivity index (χ3n) is 4.53. The molecule has 3 heteroatoms. The molecule has 0 amide bonds. The highest BCUT2D eigenvalue weighted by Gasteiger charge is 2.33. The van der Waals surface area contributed by atoms with Gasteiger partial charge in [-0.1, -0.05) is 18.9 Å². The van der Waals surface area contributed by atoms with Gasteiger partial charge in [-0.3, -0.25) is 0 Å². The van der Waals surface area contributed by atoms with Crippen LogP contribution in [-0.2, 0) is 0 Å². The van der Waals surface area contributed by atoms with E-state index in [0.29, 0.717) is 0 Å². The van der Waals surface area contributed by atoms with Gasteiger partial charge in [0.15, 0.2) is 0 Å². The van der Waals surface area contributed by atoms with Gasteiger partial charge < -0.3 is 10.2 Å². The monoisotopic (exact) mass is 245 g/mol. The summed E-state index contributed by atoms with van der Waals surface area (Å²) < 4.78 is 0. The fourth-order valence-electron chi connectivity index (χ4n) is 3.63. The first-order valence-electron chi connectivity index (χ1n) is 7.30. The van der Waals surface area contributed by atoms with Crippen molar-refractivity contribution in [2.24, 2.45) is 5.92 Å². The topological polar surface area (TPSA) is 28.2 Å². The summed E-state index contributed by atoms with van der Waals surface area (Å²) in [4.78, 5) is 7.28. The lowest BCUT2D eigenvalue weighted by Crippen LogP contribution is -2.47. The molecule has 18 heavy (non-hydrogen) atoms. The van der Waals surface area contributed by atoms with Crippen molar-refractivity contribution in [3.8, 4) is 0 Å². The Morgan fingerprint density at radius 3 is 2.89 bits per heavy atom. The van der Waals surface area contributed by atoms with Crippen LogP contribution in [0.1, 0.15) is 38.5 Å². The van der Waals surface area contributed by atoms with Gasteiger partial charge in [0.25, 0.3) is 0 Å². The van der Waals surface area contributed by atoms with Crippen LogP contribution < -0.4 is 10.2 Å². The van der Waals surface area contributed by atoms with Crippen LogP contribution in [0.3, 0.4) is 0 Å². The summed E-state index contributed by atoms with van der Waals surface area (Å²) in [6, 6.07) is 7.05. The van der Waals surface area contributed by atoms with Crippen LogP contribution in [0.25, 0.3) is 0 Å². The zero-order valence-corrected chi connectivity index (χ0v) is 11.2. The fraction of sp³-hybridized carbons (Fsp3) is 0.667. The fourth-order valence-corrected chi connectivity index (χ4v) is 3.63. The average molecular weight is 245 g/mol. The Kier molecular flexibility index (Phi) is 3.39. The number of aromatic nitrogens is 1. The summed E-state index contributed by atoms with van der Waals surface area (Å²) in [6.07, 6.45) is 8.35. The Bertz CT molecular complexity index is 402. The molecule has 2 aliphatic rings. The van der Waals surface area contributed by atoms with Crippen molar-refractivity contribution in [1.82, 2.24) is 4.98 Å². The summed E-state index contributed by atoms with van der Waals surface area (Å²) in [7, 11) is 1.94. The Balaban J connectivity index is 1.84. The van der Waals surface area contributed by atoms with E-state index < -0.39 is 0 Å². The molecule has 3 nitrogen and oxygen atoms in total. The quantitative estimate of drug-likeness (QED) is 0.866. The number of pyridine rings is 1. The van der Waals surface area contributed by atoms with E-state index in [2.05, 4.69) is 22.3 Å². The maximum atomic E-state index is 4.72. The minimum absolute atomic E-state index is 0.743. The van der Waals surface area contributed by atoms with Gasteiger partial charge in [-0.15, -0.1) is 0 Å². The van der Waals surface area contributed by atoms with Gasteiger partial charge in [-0.05, 0) is 43.7 Å². The van der Waals surface area contributed by atoms with Gasteiger partial charge in [0.2, 0.25) is 0 Å². The van der Waals surface area contributed by atoms with Gasteiger partial charge >= 0.3 is 0 Å². The molecule has 1 aromatic heterocycles. The largest absolute Gasteiger partial charge is 0.373 e. The van der Waals surface area contributed by atoms with Crippen molar-refractivity contribution in [3.63, 3.8) is 0 Å². The first-order valence-corrected chi connectivity index (χ1v) is 7.30. The molecule has 1 saturated heterocycles. The smallest absolute Gasteiger partial charge is 0.131 e. The average Bonchev–Trinajstić information content (AvgIpc) is 2.47. The van der Waals surface area contributed by atoms with Crippen LogP contribution in [0.4, 0.5) is 11.6 Å². The molecule has 0 bridgehead atoms. The first-order chi connectivity index (χ1) is 8.88. The van der Waals surface area contributed by atoms with Gasteiger partial charge in [0.05, 0.1) is 0 Å². The zero-order chi connectivity index (χ0) is 12.4. The highest BCUT2D eigenvalue weighted by molar-refractivity contribution is 5.48. The van der Waals surface area contributed by atoms with Crippen molar-refractivity contribution < 1.29 is 0 Å². The number of hydrogen-bond acceptors (Lipinski definition) is 3. The number of nitrogens with zero attached hydrogens (tertiary/aromatic N) is 2. The van der Waals surface area contributed by atoms with Gasteiger partial charge in [0, 0.05) is 19.6 Å². The van der Waals surface area contributed by atoms with E-state index in [4.69, 9.17) is 4.98 Å².